The molecule has 1 N–H and O–H groups in total. The average molecular weight is 359 g/mol. The second kappa shape index (κ2) is 8.67. The summed E-state index contributed by atoms with van der Waals surface area (Å²) in [4.78, 5) is 12.3. The molecule has 0 spiro atoms. The first-order chi connectivity index (χ1) is 12.2. The molecule has 1 aliphatic rings. The molecule has 0 saturated heterocycles. The Morgan fingerprint density at radius 3 is 2.72 bits per heavy atom. The van der Waals surface area contributed by atoms with Crippen LogP contribution in [0.3, 0.4) is 0 Å². The van der Waals surface area contributed by atoms with Crippen LogP contribution >= 0.6 is 11.8 Å². The highest BCUT2D eigenvalue weighted by Crippen LogP contribution is 2.32. The van der Waals surface area contributed by atoms with Crippen molar-refractivity contribution in [1.29, 1.82) is 0 Å². The lowest BCUT2D eigenvalue weighted by Gasteiger charge is -2.19. The van der Waals surface area contributed by atoms with Crippen molar-refractivity contribution in [2.24, 2.45) is 0 Å². The van der Waals surface area contributed by atoms with Crippen LogP contribution in [0.25, 0.3) is 0 Å². The molecule has 1 atom stereocenters. The molecule has 5 nitrogen and oxygen atoms in total. The molecule has 1 aliphatic heterocycles. The maximum absolute atomic E-state index is 12.3. The lowest BCUT2D eigenvalue weighted by molar-refractivity contribution is -0.115. The fourth-order valence-electron chi connectivity index (χ4n) is 2.34. The molecule has 6 heteroatoms. The lowest BCUT2D eigenvalue weighted by atomic mass is 10.2. The van der Waals surface area contributed by atoms with Gasteiger partial charge in [-0.05, 0) is 31.2 Å². The molecule has 0 saturated carbocycles. The molecule has 25 heavy (non-hydrogen) atoms. The van der Waals surface area contributed by atoms with Gasteiger partial charge >= 0.3 is 0 Å². The summed E-state index contributed by atoms with van der Waals surface area (Å²) in [5.74, 6) is 2.92. The van der Waals surface area contributed by atoms with Gasteiger partial charge in [0.25, 0.3) is 0 Å². The van der Waals surface area contributed by atoms with Crippen molar-refractivity contribution in [2.45, 2.75) is 12.2 Å². The summed E-state index contributed by atoms with van der Waals surface area (Å²) in [5.41, 5.74) is 0.710. The summed E-state index contributed by atoms with van der Waals surface area (Å²) in [5, 5.41) is 2.74. The molecule has 0 fully saturated rings. The van der Waals surface area contributed by atoms with Gasteiger partial charge < -0.3 is 19.5 Å². The third kappa shape index (κ3) is 5.06. The molecule has 132 valence electrons. The number of ether oxygens (including phenoxy) is 3. The Kier molecular flexibility index (Phi) is 6.06. The van der Waals surface area contributed by atoms with Gasteiger partial charge in [0, 0.05) is 17.5 Å². The van der Waals surface area contributed by atoms with Gasteiger partial charge in [-0.15, -0.1) is 11.8 Å². The Balaban J connectivity index is 1.43. The Hall–Kier alpha value is -2.34. The Labute approximate surface area is 151 Å². The van der Waals surface area contributed by atoms with E-state index in [9.17, 15) is 4.79 Å². The number of carbonyl (C=O) groups excluding carboxylic acids is 1. The molecule has 3 rings (SSSR count). The van der Waals surface area contributed by atoms with Crippen LogP contribution in [0, 0.1) is 0 Å². The normalized spacial score (nSPS) is 13.8. The van der Waals surface area contributed by atoms with E-state index in [-0.39, 0.29) is 11.2 Å². The fraction of sp³-hybridized carbons (Fsp3) is 0.316. The standard InChI is InChI=1S/C19H21NO4S/c1-14(25-12-11-22-16-5-3-2-4-6-16)19(21)20-15-7-8-17-18(13-15)24-10-9-23-17/h2-8,13-14H,9-12H2,1H3,(H,20,21). The average Bonchev–Trinajstić information content (AvgIpc) is 2.65. The first-order valence-corrected chi connectivity index (χ1v) is 9.27. The maximum Gasteiger partial charge on any atom is 0.237 e. The van der Waals surface area contributed by atoms with Crippen molar-refractivity contribution in [2.75, 3.05) is 30.9 Å². The fourth-order valence-corrected chi connectivity index (χ4v) is 3.09. The van der Waals surface area contributed by atoms with E-state index in [1.807, 2.05) is 49.4 Å². The van der Waals surface area contributed by atoms with Gasteiger partial charge in [-0.1, -0.05) is 18.2 Å². The van der Waals surface area contributed by atoms with Crippen LogP contribution in [0.5, 0.6) is 17.2 Å². The number of amides is 1. The second-order valence-corrected chi connectivity index (χ2v) is 6.97. The summed E-state index contributed by atoms with van der Waals surface area (Å²) >= 11 is 1.56. The molecule has 2 aromatic carbocycles. The van der Waals surface area contributed by atoms with Crippen molar-refractivity contribution in [3.8, 4) is 17.2 Å². The summed E-state index contributed by atoms with van der Waals surface area (Å²) in [6, 6.07) is 15.1. The number of hydrogen-bond acceptors (Lipinski definition) is 5. The summed E-state index contributed by atoms with van der Waals surface area (Å²) < 4.78 is 16.6. The van der Waals surface area contributed by atoms with Crippen LogP contribution in [0.4, 0.5) is 5.69 Å². The van der Waals surface area contributed by atoms with Gasteiger partial charge in [-0.2, -0.15) is 0 Å². The quantitative estimate of drug-likeness (QED) is 0.766. The Morgan fingerprint density at radius 1 is 1.16 bits per heavy atom. The largest absolute Gasteiger partial charge is 0.493 e. The predicted octanol–water partition coefficient (Wildman–Crippen LogP) is 3.60. The number of nitrogens with one attached hydrogen (secondary N) is 1. The highest BCUT2D eigenvalue weighted by Gasteiger charge is 2.16. The number of thioether (sulfide) groups is 1. The highest BCUT2D eigenvalue weighted by atomic mass is 32.2. The van der Waals surface area contributed by atoms with E-state index < -0.39 is 0 Å². The van der Waals surface area contributed by atoms with Gasteiger partial charge in [0.15, 0.2) is 11.5 Å². The molecular formula is C19H21NO4S. The van der Waals surface area contributed by atoms with Crippen LogP contribution in [-0.4, -0.2) is 36.7 Å². The molecular weight excluding hydrogens is 338 g/mol. The van der Waals surface area contributed by atoms with E-state index >= 15 is 0 Å². The Morgan fingerprint density at radius 2 is 1.92 bits per heavy atom. The maximum atomic E-state index is 12.3. The molecule has 2 aromatic rings. The highest BCUT2D eigenvalue weighted by molar-refractivity contribution is 8.00. The molecule has 0 radical (unpaired) electrons. The van der Waals surface area contributed by atoms with Crippen molar-refractivity contribution in [3.05, 3.63) is 48.5 Å². The van der Waals surface area contributed by atoms with Crippen LogP contribution in [0.2, 0.25) is 0 Å². The van der Waals surface area contributed by atoms with Crippen LogP contribution in [-0.2, 0) is 4.79 Å². The zero-order valence-corrected chi connectivity index (χ0v) is 14.9. The smallest absolute Gasteiger partial charge is 0.237 e. The molecule has 1 heterocycles. The summed E-state index contributed by atoms with van der Waals surface area (Å²) in [6.45, 7) is 3.53. The first kappa shape index (κ1) is 17.5. The molecule has 0 bridgehead atoms. The molecule has 1 unspecified atom stereocenters. The van der Waals surface area contributed by atoms with Crippen LogP contribution in [0.15, 0.2) is 48.5 Å². The number of hydrogen-bond donors (Lipinski definition) is 1. The second-order valence-electron chi connectivity index (χ2n) is 5.52. The van der Waals surface area contributed by atoms with Gasteiger partial charge in [-0.25, -0.2) is 0 Å². The number of anilines is 1. The zero-order chi connectivity index (χ0) is 17.5. The van der Waals surface area contributed by atoms with Crippen molar-refractivity contribution in [3.63, 3.8) is 0 Å². The van der Waals surface area contributed by atoms with Gasteiger partial charge in [0.05, 0.1) is 11.9 Å². The van der Waals surface area contributed by atoms with E-state index in [1.165, 1.54) is 0 Å². The van der Waals surface area contributed by atoms with E-state index in [1.54, 1.807) is 17.8 Å². The number of para-hydroxylation sites is 1. The summed E-state index contributed by atoms with van der Waals surface area (Å²) in [7, 11) is 0. The summed E-state index contributed by atoms with van der Waals surface area (Å²) in [6.07, 6.45) is 0. The SMILES string of the molecule is CC(SCCOc1ccccc1)C(=O)Nc1ccc2c(c1)OCCO2. The monoisotopic (exact) mass is 359 g/mol. The third-order valence-corrected chi connectivity index (χ3v) is 4.76. The van der Waals surface area contributed by atoms with E-state index in [4.69, 9.17) is 14.2 Å². The predicted molar refractivity (Wildman–Crippen MR) is 99.9 cm³/mol. The minimum Gasteiger partial charge on any atom is -0.493 e. The van der Waals surface area contributed by atoms with Crippen molar-refractivity contribution >= 4 is 23.4 Å². The van der Waals surface area contributed by atoms with E-state index in [2.05, 4.69) is 5.32 Å². The zero-order valence-electron chi connectivity index (χ0n) is 14.1. The molecule has 1 amide bonds. The Bertz CT molecular complexity index is 708. The topological polar surface area (TPSA) is 56.8 Å². The van der Waals surface area contributed by atoms with Gasteiger partial charge in [-0.3, -0.25) is 4.79 Å². The number of carbonyl (C=O) groups is 1. The lowest BCUT2D eigenvalue weighted by Crippen LogP contribution is -2.23. The minimum absolute atomic E-state index is 0.0404. The van der Waals surface area contributed by atoms with Gasteiger partial charge in [0.1, 0.15) is 19.0 Å². The van der Waals surface area contributed by atoms with E-state index in [0.717, 1.165) is 11.5 Å². The first-order valence-electron chi connectivity index (χ1n) is 8.22. The molecule has 0 aliphatic carbocycles. The van der Waals surface area contributed by atoms with Gasteiger partial charge in [0.2, 0.25) is 5.91 Å². The molecule has 0 aromatic heterocycles. The van der Waals surface area contributed by atoms with Crippen LogP contribution < -0.4 is 19.5 Å². The van der Waals surface area contributed by atoms with Crippen LogP contribution in [0.1, 0.15) is 6.92 Å². The van der Waals surface area contributed by atoms with E-state index in [0.29, 0.717) is 37.0 Å². The minimum atomic E-state index is -0.174. The van der Waals surface area contributed by atoms with Crippen molar-refractivity contribution < 1.29 is 19.0 Å². The number of rotatable bonds is 7. The third-order valence-electron chi connectivity index (χ3n) is 3.64. The number of benzene rings is 2. The van der Waals surface area contributed by atoms with Crippen molar-refractivity contribution in [1.82, 2.24) is 0 Å². The number of fused-ring (bicyclic) bond motifs is 1.